The molecule has 0 fully saturated rings. The zero-order valence-corrected chi connectivity index (χ0v) is 16.4. The Balaban J connectivity index is 2.97. The molecule has 1 rings (SSSR count). The van der Waals surface area contributed by atoms with Crippen LogP contribution < -0.4 is 0 Å². The molecule has 11 heteroatoms. The molecule has 4 nitrogen and oxygen atoms in total. The van der Waals surface area contributed by atoms with Gasteiger partial charge in [-0.25, -0.2) is 0 Å². The van der Waals surface area contributed by atoms with E-state index in [-0.39, 0.29) is 0 Å². The van der Waals surface area contributed by atoms with Gasteiger partial charge >= 0.3 is 159 Å². The third-order valence-corrected chi connectivity index (χ3v) is 5.92. The van der Waals surface area contributed by atoms with E-state index < -0.39 is 40.2 Å². The van der Waals surface area contributed by atoms with Crippen molar-refractivity contribution in [1.29, 1.82) is 0 Å². The number of alkyl halides is 6. The van der Waals surface area contributed by atoms with E-state index in [0.717, 1.165) is 0 Å². The number of hydrogen-bond donors (Lipinski definition) is 0. The third-order valence-electron chi connectivity index (χ3n) is 1.65. The Kier molecular flexibility index (Phi) is 7.44. The van der Waals surface area contributed by atoms with Crippen molar-refractivity contribution in [3.8, 4) is 0 Å². The molecule has 1 aromatic carbocycles. The first-order valence-corrected chi connectivity index (χ1v) is 9.97. The maximum absolute atomic E-state index is 11.6. The summed E-state index contributed by atoms with van der Waals surface area (Å²) in [6.45, 7) is 0. The van der Waals surface area contributed by atoms with Crippen LogP contribution in [0.3, 0.4) is 0 Å². The molecule has 118 valence electrons. The Hall–Kier alpha value is 0.630. The average molecular weight is 529 g/mol. The van der Waals surface area contributed by atoms with Gasteiger partial charge in [0, 0.05) is 0 Å². The quantitative estimate of drug-likeness (QED) is 0.408. The Labute approximate surface area is 158 Å². The van der Waals surface area contributed by atoms with Crippen LogP contribution in [0.25, 0.3) is 0 Å². The summed E-state index contributed by atoms with van der Waals surface area (Å²) in [5.41, 5.74) is 0. The molecule has 0 N–H and O–H groups in total. The van der Waals surface area contributed by atoms with Gasteiger partial charge in [0.1, 0.15) is 0 Å². The first-order chi connectivity index (χ1) is 9.51. The van der Waals surface area contributed by atoms with Crippen molar-refractivity contribution in [2.75, 3.05) is 0 Å². The van der Waals surface area contributed by atoms with Crippen LogP contribution in [0.1, 0.15) is 0 Å². The summed E-state index contributed by atoms with van der Waals surface area (Å²) >= 11 is 29.1. The molecule has 0 radical (unpaired) electrons. The van der Waals surface area contributed by atoms with Gasteiger partial charge in [-0.15, -0.1) is 0 Å². The molecule has 0 saturated heterocycles. The van der Waals surface area contributed by atoms with E-state index in [9.17, 15) is 9.59 Å². The summed E-state index contributed by atoms with van der Waals surface area (Å²) in [5, 5.41) is 0. The number of carbonyl (C=O) groups is 2. The summed E-state index contributed by atoms with van der Waals surface area (Å²) < 4.78 is 5.76. The minimum atomic E-state index is -3.32. The summed E-state index contributed by atoms with van der Waals surface area (Å²) in [5.74, 6) is -2.36. The van der Waals surface area contributed by atoms with E-state index >= 15 is 0 Å². The van der Waals surface area contributed by atoms with Crippen molar-refractivity contribution in [2.45, 2.75) is 7.59 Å². The van der Waals surface area contributed by atoms with E-state index in [0.29, 0.717) is 3.57 Å². The second kappa shape index (κ2) is 7.95. The molecule has 1 aromatic rings. The summed E-state index contributed by atoms with van der Waals surface area (Å²) in [4.78, 5) is 23.2. The van der Waals surface area contributed by atoms with E-state index in [1.54, 1.807) is 30.3 Å². The van der Waals surface area contributed by atoms with Crippen LogP contribution in [0, 0.1) is 3.57 Å². The number of hydrogen-bond acceptors (Lipinski definition) is 4. The Morgan fingerprint density at radius 3 is 1.52 bits per heavy atom. The minimum absolute atomic E-state index is 0.437. The fourth-order valence-electron chi connectivity index (χ4n) is 0.837. The van der Waals surface area contributed by atoms with Gasteiger partial charge in [-0.2, -0.15) is 0 Å². The van der Waals surface area contributed by atoms with Gasteiger partial charge in [-0.3, -0.25) is 0 Å². The van der Waals surface area contributed by atoms with E-state index in [1.807, 2.05) is 0 Å². The number of rotatable bonds is 3. The van der Waals surface area contributed by atoms with Crippen molar-refractivity contribution in [2.24, 2.45) is 0 Å². The fourth-order valence-corrected chi connectivity index (χ4v) is 4.84. The van der Waals surface area contributed by atoms with Crippen LogP contribution in [0.15, 0.2) is 30.3 Å². The number of benzene rings is 1. The van der Waals surface area contributed by atoms with Gasteiger partial charge in [-0.05, 0) is 0 Å². The van der Waals surface area contributed by atoms with Crippen LogP contribution in [0.5, 0.6) is 0 Å². The summed E-state index contributed by atoms with van der Waals surface area (Å²) in [6.07, 6.45) is 0. The molecule has 0 amide bonds. The van der Waals surface area contributed by atoms with E-state index in [1.165, 1.54) is 0 Å². The normalized spacial score (nSPS) is 12.6. The van der Waals surface area contributed by atoms with Gasteiger partial charge in [0.15, 0.2) is 0 Å². The molecular weight excluding hydrogens is 524 g/mol. The summed E-state index contributed by atoms with van der Waals surface area (Å²) in [6, 6.07) is 8.15. The zero-order valence-electron chi connectivity index (χ0n) is 9.67. The first-order valence-electron chi connectivity index (χ1n) is 4.86. The molecule has 0 aliphatic carbocycles. The zero-order chi connectivity index (χ0) is 16.3. The van der Waals surface area contributed by atoms with Gasteiger partial charge in [0.05, 0.1) is 0 Å². The van der Waals surface area contributed by atoms with Crippen molar-refractivity contribution in [3.05, 3.63) is 33.9 Å². The van der Waals surface area contributed by atoms with Crippen molar-refractivity contribution in [1.82, 2.24) is 0 Å². The van der Waals surface area contributed by atoms with Crippen molar-refractivity contribution < 1.29 is 15.7 Å². The Bertz CT molecular complexity index is 485. The summed E-state index contributed by atoms with van der Waals surface area (Å²) in [7, 11) is 0. The second-order valence-electron chi connectivity index (χ2n) is 3.24. The predicted octanol–water partition coefficient (Wildman–Crippen LogP) is 5.02. The molecule has 0 bridgehead atoms. The molecule has 0 aliphatic heterocycles. The monoisotopic (exact) mass is 526 g/mol. The van der Waals surface area contributed by atoms with E-state index in [2.05, 4.69) is 0 Å². The topological polar surface area (TPSA) is 52.6 Å². The molecule has 21 heavy (non-hydrogen) atoms. The van der Waals surface area contributed by atoms with E-state index in [4.69, 9.17) is 75.7 Å². The molecule has 0 aromatic heterocycles. The average Bonchev–Trinajstić information content (AvgIpc) is 2.36. The van der Waals surface area contributed by atoms with Gasteiger partial charge in [0.25, 0.3) is 0 Å². The van der Waals surface area contributed by atoms with Crippen LogP contribution in [0.2, 0.25) is 0 Å². The van der Waals surface area contributed by atoms with Gasteiger partial charge in [-0.1, -0.05) is 0 Å². The molecular formula is C10H5Cl6IO4. The first kappa shape index (κ1) is 19.7. The molecule has 0 saturated carbocycles. The van der Waals surface area contributed by atoms with Crippen LogP contribution in [-0.4, -0.2) is 19.5 Å². The second-order valence-corrected chi connectivity index (χ2v) is 11.2. The van der Waals surface area contributed by atoms with Crippen LogP contribution >= 0.6 is 90.3 Å². The molecule has 0 unspecified atom stereocenters. The predicted molar refractivity (Wildman–Crippen MR) is 91.9 cm³/mol. The van der Waals surface area contributed by atoms with Crippen molar-refractivity contribution in [3.63, 3.8) is 0 Å². The molecule has 0 spiro atoms. The Morgan fingerprint density at radius 1 is 0.810 bits per heavy atom. The number of carbonyl (C=O) groups excluding carboxylic acids is 2. The molecule has 0 aliphatic rings. The Morgan fingerprint density at radius 2 is 1.19 bits per heavy atom. The molecule has 0 atom stereocenters. The van der Waals surface area contributed by atoms with Crippen molar-refractivity contribution >= 4 is 102 Å². The number of halogens is 7. The van der Waals surface area contributed by atoms with Gasteiger partial charge < -0.3 is 0 Å². The van der Waals surface area contributed by atoms with Gasteiger partial charge in [0.2, 0.25) is 0 Å². The van der Waals surface area contributed by atoms with Crippen LogP contribution in [-0.2, 0) is 15.7 Å². The fraction of sp³-hybridized carbons (Fsp3) is 0.200. The standard InChI is InChI=1S/C10H5Cl6IO4/c11-9(12,13)7(18)20-17(6-4-2-1-3-5-6)21-8(19)10(14,15)16/h1-5H. The third kappa shape index (κ3) is 6.72. The maximum atomic E-state index is 11.6. The van der Waals surface area contributed by atoms with Crippen LogP contribution in [0.4, 0.5) is 0 Å². The molecule has 0 heterocycles. The SMILES string of the molecule is O=C(OI(OC(=O)C(Cl)(Cl)Cl)c1ccccc1)C(Cl)(Cl)Cl.